The Morgan fingerprint density at radius 3 is 2.84 bits per heavy atom. The van der Waals surface area contributed by atoms with E-state index in [0.29, 0.717) is 25.3 Å². The van der Waals surface area contributed by atoms with Crippen LogP contribution in [-0.4, -0.2) is 22.0 Å². The average molecular weight is 283 g/mol. The van der Waals surface area contributed by atoms with Gasteiger partial charge in [-0.1, -0.05) is 12.1 Å². The first-order chi connectivity index (χ1) is 8.76. The smallest absolute Gasteiger partial charge is 0.226 e. The number of para-hydroxylation sites is 2. The number of aromatic nitrogens is 2. The molecule has 0 fully saturated rings. The minimum absolute atomic E-state index is 0. The van der Waals surface area contributed by atoms with E-state index in [2.05, 4.69) is 10.3 Å². The van der Waals surface area contributed by atoms with Crippen molar-refractivity contribution >= 4 is 35.3 Å². The fourth-order valence-corrected chi connectivity index (χ4v) is 1.94. The van der Waals surface area contributed by atoms with Gasteiger partial charge in [0.05, 0.1) is 11.0 Å². The van der Waals surface area contributed by atoms with Gasteiger partial charge in [0, 0.05) is 13.0 Å². The van der Waals surface area contributed by atoms with E-state index >= 15 is 0 Å². The van der Waals surface area contributed by atoms with Gasteiger partial charge in [0.1, 0.15) is 0 Å². The number of anilines is 1. The quantitative estimate of drug-likeness (QED) is 0.882. The van der Waals surface area contributed by atoms with Crippen LogP contribution in [0.15, 0.2) is 24.3 Å². The van der Waals surface area contributed by atoms with Crippen molar-refractivity contribution in [3.05, 3.63) is 24.3 Å². The summed E-state index contributed by atoms with van der Waals surface area (Å²) in [5.41, 5.74) is 7.32. The maximum atomic E-state index is 11.7. The SMILES string of the molecule is CCn1c(NC(=O)CCCN)nc2ccccc21.Cl. The third kappa shape index (κ3) is 3.45. The van der Waals surface area contributed by atoms with Crippen LogP contribution in [0.5, 0.6) is 0 Å². The number of aryl methyl sites for hydroxylation is 1. The highest BCUT2D eigenvalue weighted by molar-refractivity contribution is 5.91. The third-order valence-electron chi connectivity index (χ3n) is 2.83. The second-order valence-electron chi connectivity index (χ2n) is 4.11. The number of halogens is 1. The number of hydrogen-bond acceptors (Lipinski definition) is 3. The van der Waals surface area contributed by atoms with Gasteiger partial charge in [-0.2, -0.15) is 0 Å². The molecule has 0 aliphatic rings. The lowest BCUT2D eigenvalue weighted by molar-refractivity contribution is -0.116. The third-order valence-corrected chi connectivity index (χ3v) is 2.83. The Morgan fingerprint density at radius 1 is 1.42 bits per heavy atom. The zero-order valence-electron chi connectivity index (χ0n) is 10.9. The molecular formula is C13H19ClN4O. The van der Waals surface area contributed by atoms with Crippen LogP contribution in [0.25, 0.3) is 11.0 Å². The normalized spacial score (nSPS) is 10.2. The van der Waals surface area contributed by atoms with Crippen molar-refractivity contribution in [3.8, 4) is 0 Å². The first kappa shape index (κ1) is 15.5. The average Bonchev–Trinajstić information content (AvgIpc) is 2.73. The molecule has 2 rings (SSSR count). The van der Waals surface area contributed by atoms with Crippen molar-refractivity contribution in [1.82, 2.24) is 9.55 Å². The number of amides is 1. The summed E-state index contributed by atoms with van der Waals surface area (Å²) in [5, 5.41) is 2.84. The van der Waals surface area contributed by atoms with Crippen LogP contribution in [-0.2, 0) is 11.3 Å². The number of nitrogens with zero attached hydrogens (tertiary/aromatic N) is 2. The van der Waals surface area contributed by atoms with Gasteiger partial charge in [-0.05, 0) is 32.0 Å². The summed E-state index contributed by atoms with van der Waals surface area (Å²) in [6.07, 6.45) is 1.13. The van der Waals surface area contributed by atoms with Crippen molar-refractivity contribution in [3.63, 3.8) is 0 Å². The fourth-order valence-electron chi connectivity index (χ4n) is 1.94. The van der Waals surface area contributed by atoms with E-state index in [4.69, 9.17) is 5.73 Å². The molecule has 1 aromatic heterocycles. The van der Waals surface area contributed by atoms with Gasteiger partial charge >= 0.3 is 0 Å². The van der Waals surface area contributed by atoms with E-state index in [1.807, 2.05) is 35.8 Å². The predicted octanol–water partition coefficient (Wildman–Crippen LogP) is 2.16. The number of nitrogens with two attached hydrogens (primary N) is 1. The molecule has 0 saturated heterocycles. The largest absolute Gasteiger partial charge is 0.330 e. The van der Waals surface area contributed by atoms with E-state index in [9.17, 15) is 4.79 Å². The Bertz CT molecular complexity index is 553. The lowest BCUT2D eigenvalue weighted by atomic mass is 10.3. The second kappa shape index (κ2) is 7.11. The van der Waals surface area contributed by atoms with E-state index < -0.39 is 0 Å². The highest BCUT2D eigenvalue weighted by atomic mass is 35.5. The van der Waals surface area contributed by atoms with E-state index in [1.165, 1.54) is 0 Å². The first-order valence-electron chi connectivity index (χ1n) is 6.21. The van der Waals surface area contributed by atoms with Crippen LogP contribution in [0.2, 0.25) is 0 Å². The van der Waals surface area contributed by atoms with E-state index in [-0.39, 0.29) is 18.3 Å². The second-order valence-corrected chi connectivity index (χ2v) is 4.11. The number of carbonyl (C=O) groups is 1. The molecule has 1 heterocycles. The van der Waals surface area contributed by atoms with Gasteiger partial charge in [0.25, 0.3) is 0 Å². The molecule has 0 saturated carbocycles. The molecule has 2 aromatic rings. The highest BCUT2D eigenvalue weighted by Crippen LogP contribution is 2.19. The maximum absolute atomic E-state index is 11.7. The van der Waals surface area contributed by atoms with E-state index in [0.717, 1.165) is 17.6 Å². The van der Waals surface area contributed by atoms with E-state index in [1.54, 1.807) is 0 Å². The molecule has 0 atom stereocenters. The van der Waals surface area contributed by atoms with Crippen molar-refractivity contribution in [1.29, 1.82) is 0 Å². The zero-order chi connectivity index (χ0) is 13.0. The molecule has 1 amide bonds. The highest BCUT2D eigenvalue weighted by Gasteiger charge is 2.11. The molecule has 0 unspecified atom stereocenters. The number of fused-ring (bicyclic) bond motifs is 1. The lowest BCUT2D eigenvalue weighted by Gasteiger charge is -2.07. The number of hydrogen-bond donors (Lipinski definition) is 2. The maximum Gasteiger partial charge on any atom is 0.226 e. The van der Waals surface area contributed by atoms with Gasteiger partial charge in [-0.3, -0.25) is 10.1 Å². The minimum atomic E-state index is -0.0366. The van der Waals surface area contributed by atoms with Crippen LogP contribution in [0, 0.1) is 0 Å². The number of imidazole rings is 1. The molecular weight excluding hydrogens is 264 g/mol. The molecule has 6 heteroatoms. The Balaban J connectivity index is 0.00000180. The lowest BCUT2D eigenvalue weighted by Crippen LogP contribution is -2.16. The summed E-state index contributed by atoms with van der Waals surface area (Å²) in [4.78, 5) is 16.1. The molecule has 0 bridgehead atoms. The van der Waals surface area contributed by atoms with Crippen LogP contribution in [0.4, 0.5) is 5.95 Å². The summed E-state index contributed by atoms with van der Waals surface area (Å²) in [6.45, 7) is 3.33. The molecule has 19 heavy (non-hydrogen) atoms. The summed E-state index contributed by atoms with van der Waals surface area (Å²) < 4.78 is 2.00. The molecule has 0 aliphatic carbocycles. The number of rotatable bonds is 5. The number of nitrogens with one attached hydrogen (secondary N) is 1. The molecule has 0 aliphatic heterocycles. The van der Waals surface area contributed by atoms with Gasteiger partial charge in [-0.15, -0.1) is 12.4 Å². The van der Waals surface area contributed by atoms with Crippen LogP contribution in [0.3, 0.4) is 0 Å². The molecule has 0 spiro atoms. The number of benzene rings is 1. The minimum Gasteiger partial charge on any atom is -0.330 e. The molecule has 104 valence electrons. The Morgan fingerprint density at radius 2 is 2.16 bits per heavy atom. The fraction of sp³-hybridized carbons (Fsp3) is 0.385. The van der Waals surface area contributed by atoms with Crippen LogP contribution in [0.1, 0.15) is 19.8 Å². The van der Waals surface area contributed by atoms with Crippen LogP contribution < -0.4 is 11.1 Å². The van der Waals surface area contributed by atoms with Crippen molar-refractivity contribution in [2.24, 2.45) is 5.73 Å². The van der Waals surface area contributed by atoms with Gasteiger partial charge in [0.2, 0.25) is 11.9 Å². The summed E-state index contributed by atoms with van der Waals surface area (Å²) >= 11 is 0. The van der Waals surface area contributed by atoms with Crippen LogP contribution >= 0.6 is 12.4 Å². The van der Waals surface area contributed by atoms with Gasteiger partial charge in [-0.25, -0.2) is 4.98 Å². The monoisotopic (exact) mass is 282 g/mol. The zero-order valence-corrected chi connectivity index (χ0v) is 11.7. The van der Waals surface area contributed by atoms with Crippen molar-refractivity contribution < 1.29 is 4.79 Å². The summed E-state index contributed by atoms with van der Waals surface area (Å²) in [7, 11) is 0. The topological polar surface area (TPSA) is 72.9 Å². The van der Waals surface area contributed by atoms with Crippen molar-refractivity contribution in [2.75, 3.05) is 11.9 Å². The van der Waals surface area contributed by atoms with Gasteiger partial charge in [0.15, 0.2) is 0 Å². The standard InChI is InChI=1S/C13H18N4O.ClH/c1-2-17-11-7-4-3-6-10(11)15-13(17)16-12(18)8-5-9-14;/h3-4,6-7H,2,5,8-9,14H2,1H3,(H,15,16,18);1H. The molecule has 3 N–H and O–H groups in total. The summed E-state index contributed by atoms with van der Waals surface area (Å²) in [6, 6.07) is 7.85. The molecule has 1 aromatic carbocycles. The molecule has 5 nitrogen and oxygen atoms in total. The van der Waals surface area contributed by atoms with Gasteiger partial charge < -0.3 is 10.3 Å². The Labute approximate surface area is 118 Å². The Kier molecular flexibility index (Phi) is 5.79. The molecule has 0 radical (unpaired) electrons. The first-order valence-corrected chi connectivity index (χ1v) is 6.21. The Hall–Kier alpha value is -1.59. The number of carbonyl (C=O) groups excluding carboxylic acids is 1. The van der Waals surface area contributed by atoms with Crippen molar-refractivity contribution in [2.45, 2.75) is 26.3 Å². The summed E-state index contributed by atoms with van der Waals surface area (Å²) in [5.74, 6) is 0.575. The predicted molar refractivity (Wildman–Crippen MR) is 79.6 cm³/mol.